The summed E-state index contributed by atoms with van der Waals surface area (Å²) in [5.41, 5.74) is 5.94. The molecule has 2 N–H and O–H groups in total. The molecule has 0 bridgehead atoms. The summed E-state index contributed by atoms with van der Waals surface area (Å²) in [4.78, 5) is 13.6. The summed E-state index contributed by atoms with van der Waals surface area (Å²) < 4.78 is 5.44. The molecule has 1 saturated carbocycles. The number of hydrogen-bond donors (Lipinski definition) is 1. The molecule has 1 aliphatic carbocycles. The Kier molecular flexibility index (Phi) is 3.52. The molecule has 1 unspecified atom stereocenters. The average molecular weight is 236 g/mol. The third-order valence-electron chi connectivity index (χ3n) is 3.25. The normalized spacial score (nSPS) is 16.9. The van der Waals surface area contributed by atoms with E-state index in [1.54, 1.807) is 11.9 Å². The lowest BCUT2D eigenvalue weighted by molar-refractivity contribution is -0.131. The standard InChI is InChI=1S/C13H20N2O2/c1-9-3-6-11(17-9)8-15(2)13(16)7-12(14)10-4-5-10/h3,6,10,12H,4-5,7-8,14H2,1-2H3. The second kappa shape index (κ2) is 4.92. The number of carbonyl (C=O) groups is 1. The summed E-state index contributed by atoms with van der Waals surface area (Å²) in [7, 11) is 1.79. The molecule has 1 aromatic heterocycles. The van der Waals surface area contributed by atoms with Crippen molar-refractivity contribution in [1.29, 1.82) is 0 Å². The van der Waals surface area contributed by atoms with Crippen LogP contribution in [0.25, 0.3) is 0 Å². The molecule has 2 rings (SSSR count). The van der Waals surface area contributed by atoms with Gasteiger partial charge >= 0.3 is 0 Å². The molecule has 0 radical (unpaired) electrons. The van der Waals surface area contributed by atoms with Crippen molar-refractivity contribution in [3.8, 4) is 0 Å². The number of nitrogens with zero attached hydrogens (tertiary/aromatic N) is 1. The van der Waals surface area contributed by atoms with Crippen LogP contribution in [-0.2, 0) is 11.3 Å². The predicted molar refractivity (Wildman–Crippen MR) is 65.2 cm³/mol. The average Bonchev–Trinajstić information content (AvgIpc) is 3.04. The van der Waals surface area contributed by atoms with Crippen molar-refractivity contribution in [2.24, 2.45) is 11.7 Å². The zero-order chi connectivity index (χ0) is 12.4. The summed E-state index contributed by atoms with van der Waals surface area (Å²) in [6.07, 6.45) is 2.80. The van der Waals surface area contributed by atoms with Crippen molar-refractivity contribution in [1.82, 2.24) is 4.90 Å². The first-order valence-electron chi connectivity index (χ1n) is 6.11. The molecular formula is C13H20N2O2. The highest BCUT2D eigenvalue weighted by Gasteiger charge is 2.30. The Labute approximate surface area is 102 Å². The highest BCUT2D eigenvalue weighted by Crippen LogP contribution is 2.32. The zero-order valence-electron chi connectivity index (χ0n) is 10.5. The first-order valence-corrected chi connectivity index (χ1v) is 6.11. The highest BCUT2D eigenvalue weighted by molar-refractivity contribution is 5.76. The van der Waals surface area contributed by atoms with E-state index in [4.69, 9.17) is 10.2 Å². The molecule has 0 aromatic carbocycles. The Morgan fingerprint density at radius 2 is 2.29 bits per heavy atom. The fraction of sp³-hybridized carbons (Fsp3) is 0.615. The lowest BCUT2D eigenvalue weighted by Crippen LogP contribution is -2.34. The van der Waals surface area contributed by atoms with Crippen molar-refractivity contribution in [2.75, 3.05) is 7.05 Å². The molecular weight excluding hydrogens is 216 g/mol. The van der Waals surface area contributed by atoms with Gasteiger partial charge in [0.2, 0.25) is 5.91 Å². The van der Waals surface area contributed by atoms with Crippen LogP contribution in [0, 0.1) is 12.8 Å². The van der Waals surface area contributed by atoms with Gasteiger partial charge in [0.15, 0.2) is 0 Å². The van der Waals surface area contributed by atoms with E-state index in [0.29, 0.717) is 18.9 Å². The molecule has 1 heterocycles. The molecule has 0 aliphatic heterocycles. The highest BCUT2D eigenvalue weighted by atomic mass is 16.3. The van der Waals surface area contributed by atoms with Gasteiger partial charge in [-0.1, -0.05) is 0 Å². The second-order valence-corrected chi connectivity index (χ2v) is 4.97. The Morgan fingerprint density at radius 1 is 1.59 bits per heavy atom. The molecule has 1 atom stereocenters. The second-order valence-electron chi connectivity index (χ2n) is 4.97. The van der Waals surface area contributed by atoms with Crippen LogP contribution in [0.5, 0.6) is 0 Å². The van der Waals surface area contributed by atoms with Gasteiger partial charge in [-0.2, -0.15) is 0 Å². The topological polar surface area (TPSA) is 59.5 Å². The number of hydrogen-bond acceptors (Lipinski definition) is 3. The fourth-order valence-electron chi connectivity index (χ4n) is 1.94. The van der Waals surface area contributed by atoms with Crippen LogP contribution in [0.3, 0.4) is 0 Å². The molecule has 94 valence electrons. The van der Waals surface area contributed by atoms with Crippen molar-refractivity contribution in [3.63, 3.8) is 0 Å². The van der Waals surface area contributed by atoms with Gasteiger partial charge in [0.25, 0.3) is 0 Å². The maximum atomic E-state index is 11.9. The van der Waals surface area contributed by atoms with Gasteiger partial charge in [-0.3, -0.25) is 4.79 Å². The number of aryl methyl sites for hydroxylation is 1. The quantitative estimate of drug-likeness (QED) is 0.846. The zero-order valence-corrected chi connectivity index (χ0v) is 10.5. The molecule has 1 aliphatic rings. The molecule has 0 spiro atoms. The monoisotopic (exact) mass is 236 g/mol. The molecule has 0 saturated heterocycles. The van der Waals surface area contributed by atoms with E-state index in [1.165, 1.54) is 12.8 Å². The van der Waals surface area contributed by atoms with Crippen molar-refractivity contribution < 1.29 is 9.21 Å². The van der Waals surface area contributed by atoms with E-state index in [-0.39, 0.29) is 11.9 Å². The first kappa shape index (κ1) is 12.2. The van der Waals surface area contributed by atoms with Gasteiger partial charge in [-0.05, 0) is 37.8 Å². The molecule has 4 nitrogen and oxygen atoms in total. The fourth-order valence-corrected chi connectivity index (χ4v) is 1.94. The van der Waals surface area contributed by atoms with E-state index in [2.05, 4.69) is 0 Å². The van der Waals surface area contributed by atoms with Crippen LogP contribution in [-0.4, -0.2) is 23.9 Å². The van der Waals surface area contributed by atoms with E-state index < -0.39 is 0 Å². The van der Waals surface area contributed by atoms with Crippen molar-refractivity contribution in [2.45, 2.75) is 38.8 Å². The van der Waals surface area contributed by atoms with Gasteiger partial charge in [-0.15, -0.1) is 0 Å². The molecule has 1 amide bonds. The number of nitrogens with two attached hydrogens (primary N) is 1. The maximum Gasteiger partial charge on any atom is 0.224 e. The van der Waals surface area contributed by atoms with Crippen molar-refractivity contribution in [3.05, 3.63) is 23.7 Å². The van der Waals surface area contributed by atoms with E-state index in [9.17, 15) is 4.79 Å². The molecule has 1 aromatic rings. The summed E-state index contributed by atoms with van der Waals surface area (Å²) in [6.45, 7) is 2.42. The first-order chi connectivity index (χ1) is 8.06. The summed E-state index contributed by atoms with van der Waals surface area (Å²) >= 11 is 0. The molecule has 4 heteroatoms. The lowest BCUT2D eigenvalue weighted by Gasteiger charge is -2.18. The van der Waals surface area contributed by atoms with Crippen LogP contribution in [0.4, 0.5) is 0 Å². The van der Waals surface area contributed by atoms with E-state index in [1.807, 2.05) is 19.1 Å². The van der Waals surface area contributed by atoms with Crippen LogP contribution >= 0.6 is 0 Å². The van der Waals surface area contributed by atoms with Gasteiger partial charge in [0.05, 0.1) is 6.54 Å². The number of carbonyl (C=O) groups excluding carboxylic acids is 1. The molecule has 1 fully saturated rings. The van der Waals surface area contributed by atoms with Gasteiger partial charge in [0.1, 0.15) is 11.5 Å². The minimum atomic E-state index is 0.0308. The Bertz CT molecular complexity index is 396. The van der Waals surface area contributed by atoms with E-state index >= 15 is 0 Å². The minimum absolute atomic E-state index is 0.0308. The Morgan fingerprint density at radius 3 is 2.82 bits per heavy atom. The molecule has 17 heavy (non-hydrogen) atoms. The van der Waals surface area contributed by atoms with Gasteiger partial charge in [0, 0.05) is 19.5 Å². The van der Waals surface area contributed by atoms with Crippen LogP contribution in [0.1, 0.15) is 30.8 Å². The summed E-state index contributed by atoms with van der Waals surface area (Å²) in [6, 6.07) is 3.84. The predicted octanol–water partition coefficient (Wildman–Crippen LogP) is 1.67. The number of amides is 1. The largest absolute Gasteiger partial charge is 0.464 e. The van der Waals surface area contributed by atoms with E-state index in [0.717, 1.165) is 11.5 Å². The van der Waals surface area contributed by atoms with Crippen molar-refractivity contribution >= 4 is 5.91 Å². The third kappa shape index (κ3) is 3.33. The van der Waals surface area contributed by atoms with Gasteiger partial charge < -0.3 is 15.1 Å². The maximum absolute atomic E-state index is 11.9. The lowest BCUT2D eigenvalue weighted by atomic mass is 10.1. The summed E-state index contributed by atoms with van der Waals surface area (Å²) in [5, 5.41) is 0. The number of furan rings is 1. The Balaban J connectivity index is 1.82. The third-order valence-corrected chi connectivity index (χ3v) is 3.25. The van der Waals surface area contributed by atoms with Crippen LogP contribution < -0.4 is 5.73 Å². The SMILES string of the molecule is Cc1ccc(CN(C)C(=O)CC(N)C2CC2)o1. The van der Waals surface area contributed by atoms with Gasteiger partial charge in [-0.25, -0.2) is 0 Å². The van der Waals surface area contributed by atoms with Crippen LogP contribution in [0.15, 0.2) is 16.5 Å². The minimum Gasteiger partial charge on any atom is -0.464 e. The Hall–Kier alpha value is -1.29. The smallest absolute Gasteiger partial charge is 0.224 e. The summed E-state index contributed by atoms with van der Waals surface area (Å²) in [5.74, 6) is 2.35. The number of rotatable bonds is 5. The van der Waals surface area contributed by atoms with Crippen LogP contribution in [0.2, 0.25) is 0 Å².